The maximum Gasteiger partial charge on any atom is 0.337 e. The molecule has 0 bridgehead atoms. The molecule has 29 heavy (non-hydrogen) atoms. The molecule has 3 aromatic rings. The fourth-order valence-corrected chi connectivity index (χ4v) is 2.69. The number of likely N-dealkylation sites (N-methyl/N-ethyl adjacent to an activating group) is 1. The van der Waals surface area contributed by atoms with Crippen LogP contribution in [-0.4, -0.2) is 55.1 Å². The Hall–Kier alpha value is -3.45. The maximum atomic E-state index is 11.6. The molecular formula is C22H25N5O2. The van der Waals surface area contributed by atoms with Gasteiger partial charge in [0, 0.05) is 30.4 Å². The van der Waals surface area contributed by atoms with Gasteiger partial charge in [0.25, 0.3) is 0 Å². The number of aromatic nitrogens is 2. The summed E-state index contributed by atoms with van der Waals surface area (Å²) in [6.07, 6.45) is 0. The SMILES string of the molecule is COC(=O)c1ccc(Nc2cc(-c3ccccc3)nc(NCCN(C)C)n2)cc1. The van der Waals surface area contributed by atoms with Crippen molar-refractivity contribution in [2.45, 2.75) is 0 Å². The molecule has 0 atom stereocenters. The number of hydrogen-bond donors (Lipinski definition) is 2. The van der Waals surface area contributed by atoms with E-state index in [0.717, 1.165) is 30.0 Å². The third kappa shape index (κ3) is 5.76. The van der Waals surface area contributed by atoms with Crippen LogP contribution in [0, 0.1) is 0 Å². The Balaban J connectivity index is 1.85. The summed E-state index contributed by atoms with van der Waals surface area (Å²) in [5.74, 6) is 0.858. The van der Waals surface area contributed by atoms with Crippen molar-refractivity contribution >= 4 is 23.4 Å². The minimum atomic E-state index is -0.364. The molecule has 150 valence electrons. The number of ether oxygens (including phenoxy) is 1. The molecule has 0 spiro atoms. The number of methoxy groups -OCH3 is 1. The van der Waals surface area contributed by atoms with Crippen molar-refractivity contribution in [1.29, 1.82) is 0 Å². The topological polar surface area (TPSA) is 79.4 Å². The highest BCUT2D eigenvalue weighted by Gasteiger charge is 2.09. The average molecular weight is 391 g/mol. The number of hydrogen-bond acceptors (Lipinski definition) is 7. The number of nitrogens with zero attached hydrogens (tertiary/aromatic N) is 3. The molecule has 2 N–H and O–H groups in total. The van der Waals surface area contributed by atoms with E-state index in [-0.39, 0.29) is 5.97 Å². The van der Waals surface area contributed by atoms with Crippen LogP contribution in [0.3, 0.4) is 0 Å². The zero-order chi connectivity index (χ0) is 20.6. The standard InChI is InChI=1S/C22H25N5O2/c1-27(2)14-13-23-22-25-19(16-7-5-4-6-8-16)15-20(26-22)24-18-11-9-17(10-12-18)21(28)29-3/h4-12,15H,13-14H2,1-3H3,(H2,23,24,25,26). The van der Waals surface area contributed by atoms with E-state index < -0.39 is 0 Å². The fraction of sp³-hybridized carbons (Fsp3) is 0.227. The molecule has 3 rings (SSSR count). The van der Waals surface area contributed by atoms with Gasteiger partial charge in [0.2, 0.25) is 5.95 Å². The summed E-state index contributed by atoms with van der Waals surface area (Å²) in [7, 11) is 5.41. The number of nitrogens with one attached hydrogen (secondary N) is 2. The lowest BCUT2D eigenvalue weighted by Gasteiger charge is -2.13. The van der Waals surface area contributed by atoms with Crippen LogP contribution in [-0.2, 0) is 4.74 Å². The minimum Gasteiger partial charge on any atom is -0.465 e. The van der Waals surface area contributed by atoms with Crippen LogP contribution < -0.4 is 10.6 Å². The molecule has 0 aliphatic carbocycles. The molecule has 7 heteroatoms. The van der Waals surface area contributed by atoms with E-state index >= 15 is 0 Å². The Bertz CT molecular complexity index is 943. The highest BCUT2D eigenvalue weighted by atomic mass is 16.5. The molecule has 7 nitrogen and oxygen atoms in total. The van der Waals surface area contributed by atoms with E-state index in [1.807, 2.05) is 62.6 Å². The Morgan fingerprint density at radius 2 is 1.76 bits per heavy atom. The van der Waals surface area contributed by atoms with Crippen LogP contribution in [0.15, 0.2) is 60.7 Å². The van der Waals surface area contributed by atoms with Crippen molar-refractivity contribution in [2.75, 3.05) is 44.9 Å². The van der Waals surface area contributed by atoms with E-state index in [4.69, 9.17) is 4.74 Å². The van der Waals surface area contributed by atoms with Crippen molar-refractivity contribution in [3.63, 3.8) is 0 Å². The number of rotatable bonds is 8. The summed E-state index contributed by atoms with van der Waals surface area (Å²) in [5.41, 5.74) is 3.14. The molecule has 2 aromatic carbocycles. The number of esters is 1. The second kappa shape index (κ2) is 9.66. The minimum absolute atomic E-state index is 0.364. The molecule has 0 aliphatic heterocycles. The summed E-state index contributed by atoms with van der Waals surface area (Å²) >= 11 is 0. The first-order valence-electron chi connectivity index (χ1n) is 9.33. The summed E-state index contributed by atoms with van der Waals surface area (Å²) < 4.78 is 4.74. The smallest absolute Gasteiger partial charge is 0.337 e. The van der Waals surface area contributed by atoms with Crippen LogP contribution in [0.5, 0.6) is 0 Å². The molecule has 0 saturated carbocycles. The lowest BCUT2D eigenvalue weighted by molar-refractivity contribution is 0.0601. The van der Waals surface area contributed by atoms with Gasteiger partial charge in [0.05, 0.1) is 18.4 Å². The normalized spacial score (nSPS) is 10.6. The number of carbonyl (C=O) groups is 1. The van der Waals surface area contributed by atoms with Crippen molar-refractivity contribution < 1.29 is 9.53 Å². The van der Waals surface area contributed by atoms with Crippen LogP contribution in [0.4, 0.5) is 17.5 Å². The van der Waals surface area contributed by atoms with Gasteiger partial charge in [-0.2, -0.15) is 4.98 Å². The van der Waals surface area contributed by atoms with Gasteiger partial charge < -0.3 is 20.3 Å². The van der Waals surface area contributed by atoms with Crippen LogP contribution in [0.1, 0.15) is 10.4 Å². The Labute approximate surface area is 170 Å². The van der Waals surface area contributed by atoms with Gasteiger partial charge in [-0.25, -0.2) is 9.78 Å². The fourth-order valence-electron chi connectivity index (χ4n) is 2.69. The summed E-state index contributed by atoms with van der Waals surface area (Å²) in [6, 6.07) is 18.9. The Morgan fingerprint density at radius 1 is 1.03 bits per heavy atom. The highest BCUT2D eigenvalue weighted by Crippen LogP contribution is 2.23. The van der Waals surface area contributed by atoms with E-state index in [9.17, 15) is 4.79 Å². The number of benzene rings is 2. The quantitative estimate of drug-likeness (QED) is 0.568. The van der Waals surface area contributed by atoms with Crippen molar-refractivity contribution in [2.24, 2.45) is 0 Å². The lowest BCUT2D eigenvalue weighted by Crippen LogP contribution is -2.21. The Morgan fingerprint density at radius 3 is 2.41 bits per heavy atom. The molecule has 0 aliphatic rings. The second-order valence-corrected chi connectivity index (χ2v) is 6.75. The zero-order valence-corrected chi connectivity index (χ0v) is 16.8. The first kappa shape index (κ1) is 20.3. The molecule has 0 unspecified atom stereocenters. The first-order chi connectivity index (χ1) is 14.0. The Kier molecular flexibility index (Phi) is 6.76. The molecule has 0 fully saturated rings. The monoisotopic (exact) mass is 391 g/mol. The van der Waals surface area contributed by atoms with Crippen molar-refractivity contribution in [3.8, 4) is 11.3 Å². The van der Waals surface area contributed by atoms with Crippen LogP contribution in [0.2, 0.25) is 0 Å². The summed E-state index contributed by atoms with van der Waals surface area (Å²) in [5, 5.41) is 6.56. The first-order valence-corrected chi connectivity index (χ1v) is 9.33. The van der Waals surface area contributed by atoms with Gasteiger partial charge in [0.1, 0.15) is 5.82 Å². The van der Waals surface area contributed by atoms with E-state index in [0.29, 0.717) is 17.3 Å². The van der Waals surface area contributed by atoms with Crippen LogP contribution >= 0.6 is 0 Å². The van der Waals surface area contributed by atoms with Crippen molar-refractivity contribution in [3.05, 3.63) is 66.2 Å². The molecule has 0 radical (unpaired) electrons. The van der Waals surface area contributed by atoms with Gasteiger partial charge in [0.15, 0.2) is 0 Å². The molecule has 1 heterocycles. The summed E-state index contributed by atoms with van der Waals surface area (Å²) in [4.78, 5) is 22.9. The molecular weight excluding hydrogens is 366 g/mol. The summed E-state index contributed by atoms with van der Waals surface area (Å²) in [6.45, 7) is 1.61. The molecule has 1 aromatic heterocycles. The average Bonchev–Trinajstić information content (AvgIpc) is 2.74. The highest BCUT2D eigenvalue weighted by molar-refractivity contribution is 5.89. The number of anilines is 3. The third-order valence-corrected chi connectivity index (χ3v) is 4.22. The maximum absolute atomic E-state index is 11.6. The molecule has 0 saturated heterocycles. The van der Waals surface area contributed by atoms with E-state index in [1.165, 1.54) is 7.11 Å². The predicted molar refractivity (Wildman–Crippen MR) is 116 cm³/mol. The largest absolute Gasteiger partial charge is 0.465 e. The third-order valence-electron chi connectivity index (χ3n) is 4.22. The lowest BCUT2D eigenvalue weighted by atomic mass is 10.1. The van der Waals surface area contributed by atoms with Crippen molar-refractivity contribution in [1.82, 2.24) is 14.9 Å². The van der Waals surface area contributed by atoms with Gasteiger partial charge >= 0.3 is 5.97 Å². The van der Waals surface area contributed by atoms with Gasteiger partial charge in [-0.15, -0.1) is 0 Å². The van der Waals surface area contributed by atoms with Crippen LogP contribution in [0.25, 0.3) is 11.3 Å². The predicted octanol–water partition coefficient (Wildman–Crippen LogP) is 3.65. The van der Waals surface area contributed by atoms with E-state index in [1.54, 1.807) is 12.1 Å². The zero-order valence-electron chi connectivity index (χ0n) is 16.8. The van der Waals surface area contributed by atoms with E-state index in [2.05, 4.69) is 25.5 Å². The molecule has 0 amide bonds. The number of carbonyl (C=O) groups excluding carboxylic acids is 1. The second-order valence-electron chi connectivity index (χ2n) is 6.75. The van der Waals surface area contributed by atoms with Gasteiger partial charge in [-0.3, -0.25) is 0 Å². The van der Waals surface area contributed by atoms with Gasteiger partial charge in [-0.1, -0.05) is 30.3 Å². The van der Waals surface area contributed by atoms with Gasteiger partial charge in [-0.05, 0) is 38.4 Å².